The number of amides is 1. The van der Waals surface area contributed by atoms with E-state index in [1.807, 2.05) is 6.07 Å². The Morgan fingerprint density at radius 3 is 2.50 bits per heavy atom. The van der Waals surface area contributed by atoms with E-state index in [2.05, 4.69) is 10.1 Å². The minimum atomic E-state index is -4.98. The molecule has 2 heterocycles. The van der Waals surface area contributed by atoms with E-state index in [9.17, 15) is 27.6 Å². The Kier molecular flexibility index (Phi) is 6.72. The number of hydrazone groups is 1. The third kappa shape index (κ3) is 5.18. The molecule has 0 aliphatic carbocycles. The predicted octanol–water partition coefficient (Wildman–Crippen LogP) is 4.07. The van der Waals surface area contributed by atoms with E-state index < -0.39 is 52.0 Å². The molecule has 4 rings (SSSR count). The number of ether oxygens (including phenoxy) is 1. The quantitative estimate of drug-likeness (QED) is 0.571. The van der Waals surface area contributed by atoms with Gasteiger partial charge in [-0.05, 0) is 17.7 Å². The molecule has 12 heteroatoms. The molecule has 0 atom stereocenters. The highest BCUT2D eigenvalue weighted by molar-refractivity contribution is 6.50. The van der Waals surface area contributed by atoms with Crippen LogP contribution in [0.15, 0.2) is 64.2 Å². The van der Waals surface area contributed by atoms with E-state index in [0.29, 0.717) is 16.6 Å². The minimum Gasteiger partial charge on any atom is -0.437 e. The van der Waals surface area contributed by atoms with Gasteiger partial charge in [0.1, 0.15) is 18.2 Å². The van der Waals surface area contributed by atoms with Gasteiger partial charge in [0.2, 0.25) is 17.4 Å². The van der Waals surface area contributed by atoms with Crippen LogP contribution in [0.25, 0.3) is 0 Å². The normalized spacial score (nSPS) is 16.2. The summed E-state index contributed by atoms with van der Waals surface area (Å²) in [7, 11) is 0. The first-order chi connectivity index (χ1) is 17.1. The standard InChI is InChI=1S/C24H14ClF3N4O4/c25-17-9-15(32-22(35)10-19(33)18(11-29)31-32)8-16(24(26,27)28)23(17)36-21-7-14(20(34)12-30-21)6-13-4-2-1-3-5-13/h1-5,7-9H,6,10,12H2. The van der Waals surface area contributed by atoms with E-state index in [4.69, 9.17) is 21.6 Å². The Hall–Kier alpha value is -4.30. The second-order valence-corrected chi connectivity index (χ2v) is 8.09. The van der Waals surface area contributed by atoms with Crippen LogP contribution < -0.4 is 9.75 Å². The zero-order valence-electron chi connectivity index (χ0n) is 18.2. The van der Waals surface area contributed by atoms with Crippen molar-refractivity contribution in [3.63, 3.8) is 0 Å². The Morgan fingerprint density at radius 1 is 1.11 bits per heavy atom. The highest BCUT2D eigenvalue weighted by Crippen LogP contribution is 2.43. The molecular weight excluding hydrogens is 501 g/mol. The lowest BCUT2D eigenvalue weighted by molar-refractivity contribution is -0.138. The number of alkyl halides is 3. The predicted molar refractivity (Wildman–Crippen MR) is 123 cm³/mol. The molecule has 2 aliphatic rings. The maximum absolute atomic E-state index is 14.0. The van der Waals surface area contributed by atoms with Gasteiger partial charge in [0, 0.05) is 18.1 Å². The van der Waals surface area contributed by atoms with Crippen LogP contribution in [0.5, 0.6) is 5.75 Å². The number of rotatable bonds is 4. The number of hydrogen-bond acceptors (Lipinski definition) is 7. The molecule has 2 aromatic rings. The minimum absolute atomic E-state index is 0.232. The van der Waals surface area contributed by atoms with Gasteiger partial charge < -0.3 is 4.74 Å². The van der Waals surface area contributed by atoms with Crippen LogP contribution in [0.4, 0.5) is 18.9 Å². The van der Waals surface area contributed by atoms with Crippen molar-refractivity contribution in [2.24, 2.45) is 10.1 Å². The molecule has 0 saturated carbocycles. The van der Waals surface area contributed by atoms with Crippen molar-refractivity contribution in [3.8, 4) is 11.8 Å². The van der Waals surface area contributed by atoms with Gasteiger partial charge >= 0.3 is 6.18 Å². The Labute approximate surface area is 206 Å². The molecule has 0 aromatic heterocycles. The maximum Gasteiger partial charge on any atom is 0.420 e. The zero-order chi connectivity index (χ0) is 26.0. The smallest absolute Gasteiger partial charge is 0.420 e. The summed E-state index contributed by atoms with van der Waals surface area (Å²) in [5, 5.41) is 12.5. The van der Waals surface area contributed by atoms with Crippen LogP contribution in [0.1, 0.15) is 17.5 Å². The van der Waals surface area contributed by atoms with Crippen molar-refractivity contribution < 1.29 is 32.3 Å². The van der Waals surface area contributed by atoms with Gasteiger partial charge in [-0.25, -0.2) is 4.99 Å². The fourth-order valence-electron chi connectivity index (χ4n) is 3.47. The first-order valence-corrected chi connectivity index (χ1v) is 10.7. The van der Waals surface area contributed by atoms with Gasteiger partial charge in [-0.15, -0.1) is 0 Å². The molecular formula is C24H14ClF3N4O4. The lowest BCUT2D eigenvalue weighted by Gasteiger charge is -2.23. The molecule has 1 amide bonds. The van der Waals surface area contributed by atoms with Crippen molar-refractivity contribution in [3.05, 3.63) is 70.3 Å². The van der Waals surface area contributed by atoms with Crippen LogP contribution in [-0.4, -0.2) is 35.6 Å². The topological polar surface area (TPSA) is 112 Å². The molecule has 0 fully saturated rings. The monoisotopic (exact) mass is 514 g/mol. The number of ketones is 2. The van der Waals surface area contributed by atoms with Crippen molar-refractivity contribution in [1.29, 1.82) is 5.26 Å². The number of hydrogen-bond donors (Lipinski definition) is 0. The average Bonchev–Trinajstić information content (AvgIpc) is 2.82. The number of carbonyl (C=O) groups excluding carboxylic acids is 3. The number of carbonyl (C=O) groups is 3. The van der Waals surface area contributed by atoms with Crippen molar-refractivity contribution >= 4 is 46.4 Å². The lowest BCUT2D eigenvalue weighted by atomic mass is 10.00. The summed E-state index contributed by atoms with van der Waals surface area (Å²) in [4.78, 5) is 40.1. The van der Waals surface area contributed by atoms with E-state index in [1.165, 1.54) is 12.1 Å². The molecule has 0 bridgehead atoms. The Balaban J connectivity index is 1.70. The number of benzene rings is 2. The van der Waals surface area contributed by atoms with Crippen LogP contribution in [0.2, 0.25) is 5.02 Å². The third-order valence-electron chi connectivity index (χ3n) is 5.17. The summed E-state index contributed by atoms with van der Waals surface area (Å²) in [5.74, 6) is -3.11. The summed E-state index contributed by atoms with van der Waals surface area (Å²) in [6.07, 6.45) is -4.22. The van der Waals surface area contributed by atoms with E-state index in [1.54, 1.807) is 24.3 Å². The molecule has 0 unspecified atom stereocenters. The second-order valence-electron chi connectivity index (χ2n) is 7.68. The van der Waals surface area contributed by atoms with Crippen LogP contribution in [0.3, 0.4) is 0 Å². The van der Waals surface area contributed by atoms with Crippen LogP contribution in [-0.2, 0) is 27.0 Å². The fourth-order valence-corrected chi connectivity index (χ4v) is 3.72. The number of Topliss-reactive ketones (excluding diaryl/α,β-unsaturated/α-hetero) is 2. The van der Waals surface area contributed by atoms with E-state index in [-0.39, 0.29) is 24.6 Å². The maximum atomic E-state index is 14.0. The summed E-state index contributed by atoms with van der Waals surface area (Å²) in [6, 6.07) is 12.0. The molecule has 2 aliphatic heterocycles. The number of halogens is 4. The molecule has 0 saturated heterocycles. The first-order valence-electron chi connectivity index (χ1n) is 10.3. The largest absolute Gasteiger partial charge is 0.437 e. The van der Waals surface area contributed by atoms with Gasteiger partial charge in [-0.1, -0.05) is 41.9 Å². The molecule has 182 valence electrons. The van der Waals surface area contributed by atoms with Gasteiger partial charge in [0.15, 0.2) is 11.5 Å². The van der Waals surface area contributed by atoms with Crippen LogP contribution in [0, 0.1) is 11.3 Å². The first kappa shape index (κ1) is 24.8. The van der Waals surface area contributed by atoms with Crippen molar-refractivity contribution in [2.45, 2.75) is 19.0 Å². The number of dihydropyridines is 1. The summed E-state index contributed by atoms with van der Waals surface area (Å²) < 4.78 is 47.3. The highest BCUT2D eigenvalue weighted by atomic mass is 35.5. The van der Waals surface area contributed by atoms with E-state index >= 15 is 0 Å². The Bertz CT molecular complexity index is 1410. The molecule has 0 radical (unpaired) electrons. The fraction of sp³-hybridized carbons (Fsp3) is 0.167. The third-order valence-corrected chi connectivity index (χ3v) is 5.46. The number of aliphatic imine (C=N–C) groups is 1. The summed E-state index contributed by atoms with van der Waals surface area (Å²) >= 11 is 6.13. The second kappa shape index (κ2) is 9.75. The SMILES string of the molecule is N#CC1=NN(c2cc(Cl)c(OC3=NCC(=O)C(Cc4ccccc4)=C3)c(C(F)(F)F)c2)C(=O)CC1=O. The molecule has 36 heavy (non-hydrogen) atoms. The van der Waals surface area contributed by atoms with Gasteiger partial charge in [0.05, 0.1) is 17.1 Å². The highest BCUT2D eigenvalue weighted by Gasteiger charge is 2.38. The number of nitriles is 1. The van der Waals surface area contributed by atoms with Crippen molar-refractivity contribution in [1.82, 2.24) is 0 Å². The zero-order valence-corrected chi connectivity index (χ0v) is 18.9. The van der Waals surface area contributed by atoms with Gasteiger partial charge in [-0.2, -0.15) is 28.5 Å². The summed E-state index contributed by atoms with van der Waals surface area (Å²) in [5.41, 5.74) is -1.27. The molecule has 8 nitrogen and oxygen atoms in total. The van der Waals surface area contributed by atoms with Gasteiger partial charge in [0.25, 0.3) is 5.91 Å². The molecule has 2 aromatic carbocycles. The summed E-state index contributed by atoms with van der Waals surface area (Å²) in [6.45, 7) is -0.312. The van der Waals surface area contributed by atoms with Crippen LogP contribution >= 0.6 is 11.6 Å². The number of anilines is 1. The Morgan fingerprint density at radius 2 is 1.83 bits per heavy atom. The lowest BCUT2D eigenvalue weighted by Crippen LogP contribution is -2.36. The van der Waals surface area contributed by atoms with Crippen molar-refractivity contribution in [2.75, 3.05) is 11.6 Å². The van der Waals surface area contributed by atoms with Gasteiger partial charge in [-0.3, -0.25) is 14.4 Å². The molecule has 0 N–H and O–H groups in total. The number of nitrogens with zero attached hydrogens (tertiary/aromatic N) is 4. The average molecular weight is 515 g/mol. The molecule has 0 spiro atoms. The van der Waals surface area contributed by atoms with E-state index in [0.717, 1.165) is 11.6 Å².